The van der Waals surface area contributed by atoms with Crippen LogP contribution in [0.2, 0.25) is 0 Å². The van der Waals surface area contributed by atoms with Gasteiger partial charge in [-0.3, -0.25) is 9.59 Å². The summed E-state index contributed by atoms with van der Waals surface area (Å²) < 4.78 is 10.5. The van der Waals surface area contributed by atoms with Gasteiger partial charge in [0.25, 0.3) is 0 Å². The molecule has 1 unspecified atom stereocenters. The number of hydrogen-bond donors (Lipinski definition) is 0. The van der Waals surface area contributed by atoms with E-state index in [1.54, 1.807) is 20.8 Å². The summed E-state index contributed by atoms with van der Waals surface area (Å²) in [5.41, 5.74) is 0. The average Bonchev–Trinajstić information content (AvgIpc) is 2.28. The van der Waals surface area contributed by atoms with E-state index in [0.717, 1.165) is 19.3 Å². The molecule has 0 rings (SSSR count). The molecule has 0 aromatic heterocycles. The third-order valence-electron chi connectivity index (χ3n) is 2.54. The lowest BCUT2D eigenvalue weighted by Crippen LogP contribution is -2.23. The van der Waals surface area contributed by atoms with Crippen molar-refractivity contribution in [1.82, 2.24) is 0 Å². The van der Waals surface area contributed by atoms with Crippen molar-refractivity contribution in [3.63, 3.8) is 0 Å². The molecule has 0 aliphatic heterocycles. The molecule has 0 saturated heterocycles. The maximum absolute atomic E-state index is 11.4. The molecule has 0 spiro atoms. The highest BCUT2D eigenvalue weighted by molar-refractivity contribution is 5.96. The monoisotopic (exact) mass is 258 g/mol. The largest absolute Gasteiger partial charge is 0.460 e. The number of rotatable bonds is 10. The third-order valence-corrected chi connectivity index (χ3v) is 2.54. The Bertz CT molecular complexity index is 248. The van der Waals surface area contributed by atoms with Crippen LogP contribution >= 0.6 is 0 Å². The lowest BCUT2D eigenvalue weighted by molar-refractivity contribution is -0.153. The van der Waals surface area contributed by atoms with Gasteiger partial charge in [-0.25, -0.2) is 0 Å². The van der Waals surface area contributed by atoms with Gasteiger partial charge in [0, 0.05) is 12.5 Å². The summed E-state index contributed by atoms with van der Waals surface area (Å²) >= 11 is 0. The summed E-state index contributed by atoms with van der Waals surface area (Å²) in [5.74, 6) is -0.674. The van der Waals surface area contributed by atoms with Crippen LogP contribution in [0.25, 0.3) is 0 Å². The summed E-state index contributed by atoms with van der Waals surface area (Å²) in [4.78, 5) is 22.7. The van der Waals surface area contributed by atoms with Gasteiger partial charge in [0.05, 0.1) is 6.61 Å². The van der Waals surface area contributed by atoms with Crippen LogP contribution in [0.15, 0.2) is 0 Å². The predicted octanol–water partition coefficient (Wildman–Crippen LogP) is 2.74. The van der Waals surface area contributed by atoms with Crippen LogP contribution in [0.1, 0.15) is 53.4 Å². The van der Waals surface area contributed by atoms with E-state index in [4.69, 9.17) is 9.47 Å². The molecule has 0 aromatic rings. The van der Waals surface area contributed by atoms with Crippen molar-refractivity contribution >= 4 is 11.8 Å². The van der Waals surface area contributed by atoms with E-state index < -0.39 is 5.97 Å². The first-order valence-corrected chi connectivity index (χ1v) is 6.77. The first-order valence-electron chi connectivity index (χ1n) is 6.77. The highest BCUT2D eigenvalue weighted by atomic mass is 16.6. The Hall–Kier alpha value is -0.900. The fraction of sp³-hybridized carbons (Fsp3) is 0.857. The third kappa shape index (κ3) is 9.16. The zero-order valence-corrected chi connectivity index (χ0v) is 12.0. The number of ether oxygens (including phenoxy) is 2. The topological polar surface area (TPSA) is 52.6 Å². The molecule has 0 amide bonds. The summed E-state index contributed by atoms with van der Waals surface area (Å²) in [5, 5.41) is 0. The molecule has 4 nitrogen and oxygen atoms in total. The Morgan fingerprint density at radius 1 is 1.11 bits per heavy atom. The molecule has 4 heteroatoms. The minimum atomic E-state index is -0.460. The number of Topliss-reactive ketones (excluding diaryl/α,β-unsaturated/α-hetero) is 1. The van der Waals surface area contributed by atoms with Crippen LogP contribution in [0.3, 0.4) is 0 Å². The van der Waals surface area contributed by atoms with E-state index in [1.807, 2.05) is 0 Å². The Morgan fingerprint density at radius 3 is 2.33 bits per heavy atom. The highest BCUT2D eigenvalue weighted by Crippen LogP contribution is 2.03. The predicted molar refractivity (Wildman–Crippen MR) is 70.4 cm³/mol. The standard InChI is InChI=1S/C14H26O4/c1-5-6-7-8-17-10-12(4)18-14(16)9-13(15)11(2)3/h11-12H,5-10H2,1-4H3. The van der Waals surface area contributed by atoms with Gasteiger partial charge in [0.15, 0.2) is 0 Å². The number of carbonyl (C=O) groups excluding carboxylic acids is 2. The van der Waals surface area contributed by atoms with Gasteiger partial charge in [-0.15, -0.1) is 0 Å². The van der Waals surface area contributed by atoms with Crippen LogP contribution in [-0.2, 0) is 19.1 Å². The van der Waals surface area contributed by atoms with E-state index in [2.05, 4.69) is 6.92 Å². The molecule has 0 aliphatic carbocycles. The van der Waals surface area contributed by atoms with Crippen LogP contribution < -0.4 is 0 Å². The van der Waals surface area contributed by atoms with Crippen molar-refractivity contribution in [2.45, 2.75) is 59.5 Å². The summed E-state index contributed by atoms with van der Waals surface area (Å²) in [6.07, 6.45) is 2.91. The molecule has 0 bridgehead atoms. The van der Waals surface area contributed by atoms with Gasteiger partial charge in [-0.05, 0) is 13.3 Å². The van der Waals surface area contributed by atoms with Crippen molar-refractivity contribution in [1.29, 1.82) is 0 Å². The van der Waals surface area contributed by atoms with Crippen LogP contribution in [0.5, 0.6) is 0 Å². The van der Waals surface area contributed by atoms with Crippen molar-refractivity contribution in [2.24, 2.45) is 5.92 Å². The van der Waals surface area contributed by atoms with Crippen LogP contribution in [-0.4, -0.2) is 31.1 Å². The fourth-order valence-corrected chi connectivity index (χ4v) is 1.35. The smallest absolute Gasteiger partial charge is 0.313 e. The first kappa shape index (κ1) is 17.1. The molecule has 0 aromatic carbocycles. The first-order chi connectivity index (χ1) is 8.47. The molecule has 106 valence electrons. The molecule has 0 N–H and O–H groups in total. The molecular formula is C14H26O4. The van der Waals surface area contributed by atoms with Crippen molar-refractivity contribution in [2.75, 3.05) is 13.2 Å². The Labute approximate surface area is 110 Å². The second kappa shape index (κ2) is 10.1. The van der Waals surface area contributed by atoms with Crippen LogP contribution in [0, 0.1) is 5.92 Å². The van der Waals surface area contributed by atoms with Gasteiger partial charge >= 0.3 is 5.97 Å². The van der Waals surface area contributed by atoms with Gasteiger partial charge in [-0.1, -0.05) is 33.6 Å². The Balaban J connectivity index is 3.64. The van der Waals surface area contributed by atoms with Crippen molar-refractivity contribution in [3.05, 3.63) is 0 Å². The minimum absolute atomic E-state index is 0.0870. The van der Waals surface area contributed by atoms with E-state index in [9.17, 15) is 9.59 Å². The second-order valence-corrected chi connectivity index (χ2v) is 4.88. The van der Waals surface area contributed by atoms with Gasteiger partial charge < -0.3 is 9.47 Å². The SMILES string of the molecule is CCCCCOCC(C)OC(=O)CC(=O)C(C)C. The lowest BCUT2D eigenvalue weighted by Gasteiger charge is -2.13. The molecule has 0 fully saturated rings. The molecule has 0 heterocycles. The van der Waals surface area contributed by atoms with E-state index in [1.165, 1.54) is 0 Å². The number of ketones is 1. The molecule has 18 heavy (non-hydrogen) atoms. The lowest BCUT2D eigenvalue weighted by atomic mass is 10.1. The van der Waals surface area contributed by atoms with Gasteiger partial charge in [0.1, 0.15) is 18.3 Å². The summed E-state index contributed by atoms with van der Waals surface area (Å²) in [6.45, 7) is 8.55. The Morgan fingerprint density at radius 2 is 1.78 bits per heavy atom. The number of unbranched alkanes of at least 4 members (excludes halogenated alkanes) is 2. The van der Waals surface area contributed by atoms with Gasteiger partial charge in [0.2, 0.25) is 0 Å². The van der Waals surface area contributed by atoms with Crippen molar-refractivity contribution < 1.29 is 19.1 Å². The maximum atomic E-state index is 11.4. The van der Waals surface area contributed by atoms with E-state index in [-0.39, 0.29) is 24.2 Å². The number of hydrogen-bond acceptors (Lipinski definition) is 4. The average molecular weight is 258 g/mol. The van der Waals surface area contributed by atoms with Crippen molar-refractivity contribution in [3.8, 4) is 0 Å². The normalized spacial score (nSPS) is 12.5. The van der Waals surface area contributed by atoms with E-state index >= 15 is 0 Å². The quantitative estimate of drug-likeness (QED) is 0.343. The Kier molecular flexibility index (Phi) is 9.56. The summed E-state index contributed by atoms with van der Waals surface area (Å²) in [6, 6.07) is 0. The molecule has 0 saturated carbocycles. The van der Waals surface area contributed by atoms with E-state index in [0.29, 0.717) is 13.2 Å². The molecule has 0 aliphatic rings. The maximum Gasteiger partial charge on any atom is 0.313 e. The fourth-order valence-electron chi connectivity index (χ4n) is 1.35. The molecule has 1 atom stereocenters. The minimum Gasteiger partial charge on any atom is -0.460 e. The highest BCUT2D eigenvalue weighted by Gasteiger charge is 2.16. The zero-order chi connectivity index (χ0) is 14.0. The second-order valence-electron chi connectivity index (χ2n) is 4.88. The van der Waals surface area contributed by atoms with Gasteiger partial charge in [-0.2, -0.15) is 0 Å². The molecule has 0 radical (unpaired) electrons. The number of esters is 1. The summed E-state index contributed by atoms with van der Waals surface area (Å²) in [7, 11) is 0. The number of carbonyl (C=O) groups is 2. The van der Waals surface area contributed by atoms with Crippen LogP contribution in [0.4, 0.5) is 0 Å². The molecular weight excluding hydrogens is 232 g/mol. The zero-order valence-electron chi connectivity index (χ0n) is 12.0.